The summed E-state index contributed by atoms with van der Waals surface area (Å²) >= 11 is 1.53. The first-order valence-corrected chi connectivity index (χ1v) is 7.64. The summed E-state index contributed by atoms with van der Waals surface area (Å²) in [6, 6.07) is 6.46. The Labute approximate surface area is 116 Å². The summed E-state index contributed by atoms with van der Waals surface area (Å²) in [6.45, 7) is 5.23. The summed E-state index contributed by atoms with van der Waals surface area (Å²) in [6.07, 6.45) is 3.05. The first kappa shape index (κ1) is 12.4. The van der Waals surface area contributed by atoms with Crippen molar-refractivity contribution < 1.29 is 0 Å². The van der Waals surface area contributed by atoms with Crippen LogP contribution in [0.1, 0.15) is 18.9 Å². The van der Waals surface area contributed by atoms with Gasteiger partial charge in [-0.1, -0.05) is 30.3 Å². The molecule has 0 fully saturated rings. The molecule has 0 saturated carbocycles. The number of benzene rings is 1. The monoisotopic (exact) mass is 272 g/mol. The third-order valence-corrected chi connectivity index (χ3v) is 3.77. The molecule has 0 bridgehead atoms. The second-order valence-electron chi connectivity index (χ2n) is 4.64. The molecule has 0 spiro atoms. The predicted molar refractivity (Wildman–Crippen MR) is 79.6 cm³/mol. The Bertz CT molecular complexity index is 748. The maximum absolute atomic E-state index is 4.63. The average molecular weight is 272 g/mol. The van der Waals surface area contributed by atoms with Crippen molar-refractivity contribution in [2.45, 2.75) is 32.0 Å². The quantitative estimate of drug-likeness (QED) is 0.685. The van der Waals surface area contributed by atoms with Crippen LogP contribution in [-0.2, 0) is 6.54 Å². The van der Waals surface area contributed by atoms with Gasteiger partial charge in [0.25, 0.3) is 0 Å². The minimum absolute atomic E-state index is 0.726. The van der Waals surface area contributed by atoms with E-state index in [1.807, 2.05) is 6.26 Å². The lowest BCUT2D eigenvalue weighted by atomic mass is 10.2. The van der Waals surface area contributed by atoms with Crippen LogP contribution in [0, 0.1) is 6.92 Å². The third kappa shape index (κ3) is 1.98. The van der Waals surface area contributed by atoms with Gasteiger partial charge in [0.15, 0.2) is 5.65 Å². The van der Waals surface area contributed by atoms with Gasteiger partial charge in [0.05, 0.1) is 5.52 Å². The zero-order valence-corrected chi connectivity index (χ0v) is 12.2. The molecule has 3 aromatic rings. The van der Waals surface area contributed by atoms with Crippen LogP contribution in [0.15, 0.2) is 23.4 Å². The molecular weight excluding hydrogens is 256 g/mol. The number of hydrogen-bond donors (Lipinski definition) is 0. The topological polar surface area (TPSA) is 43.6 Å². The van der Waals surface area contributed by atoms with E-state index in [0.29, 0.717) is 0 Å². The molecule has 0 aliphatic heterocycles. The van der Waals surface area contributed by atoms with Crippen LogP contribution < -0.4 is 0 Å². The van der Waals surface area contributed by atoms with E-state index in [4.69, 9.17) is 0 Å². The van der Waals surface area contributed by atoms with E-state index in [1.54, 1.807) is 0 Å². The predicted octanol–water partition coefficient (Wildman–Crippen LogP) is 3.42. The third-order valence-electron chi connectivity index (χ3n) is 3.23. The molecule has 98 valence electrons. The van der Waals surface area contributed by atoms with Crippen LogP contribution in [0.5, 0.6) is 0 Å². The van der Waals surface area contributed by atoms with E-state index >= 15 is 0 Å². The summed E-state index contributed by atoms with van der Waals surface area (Å²) < 4.78 is 2.25. The van der Waals surface area contributed by atoms with Crippen molar-refractivity contribution in [1.82, 2.24) is 19.7 Å². The summed E-state index contributed by atoms with van der Waals surface area (Å²) in [5.41, 5.74) is 4.29. The van der Waals surface area contributed by atoms with Gasteiger partial charge in [0, 0.05) is 11.9 Å². The van der Waals surface area contributed by atoms with Gasteiger partial charge in [-0.05, 0) is 31.7 Å². The second-order valence-corrected chi connectivity index (χ2v) is 5.42. The highest BCUT2D eigenvalue weighted by Gasteiger charge is 2.14. The molecule has 4 nitrogen and oxygen atoms in total. The van der Waals surface area contributed by atoms with Crippen molar-refractivity contribution >= 4 is 33.8 Å². The summed E-state index contributed by atoms with van der Waals surface area (Å²) in [5, 5.41) is 10.4. The van der Waals surface area contributed by atoms with Crippen LogP contribution in [0.4, 0.5) is 0 Å². The number of thioether (sulfide) groups is 1. The normalized spacial score (nSPS) is 11.5. The molecule has 0 unspecified atom stereocenters. The number of aryl methyl sites for hydroxylation is 2. The van der Waals surface area contributed by atoms with Gasteiger partial charge in [0.1, 0.15) is 5.52 Å². The van der Waals surface area contributed by atoms with E-state index in [9.17, 15) is 0 Å². The van der Waals surface area contributed by atoms with Gasteiger partial charge in [0.2, 0.25) is 5.16 Å². The fraction of sp³-hybridized carbons (Fsp3) is 0.357. The highest BCUT2D eigenvalue weighted by Crippen LogP contribution is 2.27. The number of hydrogen-bond acceptors (Lipinski definition) is 4. The van der Waals surface area contributed by atoms with Crippen molar-refractivity contribution in [3.05, 3.63) is 23.8 Å². The smallest absolute Gasteiger partial charge is 0.210 e. The van der Waals surface area contributed by atoms with Gasteiger partial charge in [-0.3, -0.25) is 0 Å². The van der Waals surface area contributed by atoms with Crippen LogP contribution >= 0.6 is 11.8 Å². The first-order chi connectivity index (χ1) is 9.24. The minimum Gasteiger partial charge on any atom is -0.324 e. The zero-order valence-electron chi connectivity index (χ0n) is 11.3. The van der Waals surface area contributed by atoms with Gasteiger partial charge in [-0.15, -0.1) is 10.2 Å². The Morgan fingerprint density at radius 3 is 2.84 bits per heavy atom. The zero-order chi connectivity index (χ0) is 13.4. The molecule has 5 heteroatoms. The van der Waals surface area contributed by atoms with Crippen LogP contribution in [0.25, 0.3) is 22.1 Å². The molecule has 3 rings (SSSR count). The Morgan fingerprint density at radius 2 is 2.11 bits per heavy atom. The van der Waals surface area contributed by atoms with Crippen molar-refractivity contribution in [2.75, 3.05) is 6.26 Å². The van der Waals surface area contributed by atoms with E-state index in [2.05, 4.69) is 51.8 Å². The Balaban J connectivity index is 2.42. The lowest BCUT2D eigenvalue weighted by molar-refractivity contribution is 0.709. The molecule has 0 atom stereocenters. The summed E-state index contributed by atoms with van der Waals surface area (Å²) in [5.74, 6) is 0. The van der Waals surface area contributed by atoms with Crippen LogP contribution in [-0.4, -0.2) is 26.0 Å². The SMILES string of the molecule is CCCn1c2ccc(C)cc2c2nnc(SC)nc21. The van der Waals surface area contributed by atoms with E-state index in [-0.39, 0.29) is 0 Å². The molecule has 0 amide bonds. The summed E-state index contributed by atoms with van der Waals surface area (Å²) in [7, 11) is 0. The molecule has 0 aliphatic carbocycles. The fourth-order valence-electron chi connectivity index (χ4n) is 2.39. The minimum atomic E-state index is 0.726. The van der Waals surface area contributed by atoms with E-state index in [0.717, 1.165) is 34.7 Å². The van der Waals surface area contributed by atoms with Crippen molar-refractivity contribution in [2.24, 2.45) is 0 Å². The maximum atomic E-state index is 4.63. The van der Waals surface area contributed by atoms with Crippen LogP contribution in [0.3, 0.4) is 0 Å². The lowest BCUT2D eigenvalue weighted by Crippen LogP contribution is -1.99. The molecule has 19 heavy (non-hydrogen) atoms. The first-order valence-electron chi connectivity index (χ1n) is 6.42. The van der Waals surface area contributed by atoms with Gasteiger partial charge in [-0.25, -0.2) is 4.98 Å². The molecule has 2 heterocycles. The van der Waals surface area contributed by atoms with Crippen LogP contribution in [0.2, 0.25) is 0 Å². The molecule has 2 aromatic heterocycles. The number of fused-ring (bicyclic) bond motifs is 3. The lowest BCUT2D eigenvalue weighted by Gasteiger charge is -2.04. The van der Waals surface area contributed by atoms with E-state index in [1.165, 1.54) is 22.8 Å². The number of rotatable bonds is 3. The Kier molecular flexibility index (Phi) is 3.14. The van der Waals surface area contributed by atoms with E-state index < -0.39 is 0 Å². The number of aromatic nitrogens is 4. The Hall–Kier alpha value is -1.62. The van der Waals surface area contributed by atoms with Crippen molar-refractivity contribution in [3.8, 4) is 0 Å². The largest absolute Gasteiger partial charge is 0.324 e. The van der Waals surface area contributed by atoms with Gasteiger partial charge < -0.3 is 4.57 Å². The molecule has 1 aromatic carbocycles. The van der Waals surface area contributed by atoms with Gasteiger partial charge >= 0.3 is 0 Å². The highest BCUT2D eigenvalue weighted by molar-refractivity contribution is 7.98. The second kappa shape index (κ2) is 4.81. The molecule has 0 aliphatic rings. The molecule has 0 radical (unpaired) electrons. The van der Waals surface area contributed by atoms with Crippen molar-refractivity contribution in [3.63, 3.8) is 0 Å². The van der Waals surface area contributed by atoms with Gasteiger partial charge in [-0.2, -0.15) is 0 Å². The fourth-order valence-corrected chi connectivity index (χ4v) is 2.69. The standard InChI is InChI=1S/C14H16N4S/c1-4-7-18-11-6-5-9(2)8-10(11)12-13(18)15-14(19-3)17-16-12/h5-6,8H,4,7H2,1-3H3. The molecule has 0 saturated heterocycles. The summed E-state index contributed by atoms with van der Waals surface area (Å²) in [4.78, 5) is 4.63. The molecule has 0 N–H and O–H groups in total. The maximum Gasteiger partial charge on any atom is 0.210 e. The highest BCUT2D eigenvalue weighted by atomic mass is 32.2. The average Bonchev–Trinajstić information content (AvgIpc) is 2.72. The number of nitrogens with zero attached hydrogens (tertiary/aromatic N) is 4. The Morgan fingerprint density at radius 1 is 1.26 bits per heavy atom. The van der Waals surface area contributed by atoms with Crippen molar-refractivity contribution in [1.29, 1.82) is 0 Å². The molecular formula is C14H16N4S.